The third kappa shape index (κ3) is 4.12. The molecule has 0 spiro atoms. The highest BCUT2D eigenvalue weighted by molar-refractivity contribution is 6.29. The van der Waals surface area contributed by atoms with Crippen LogP contribution in [0.4, 0.5) is 5.69 Å². The number of carboxylic acids is 1. The van der Waals surface area contributed by atoms with E-state index in [0.717, 1.165) is 12.3 Å². The van der Waals surface area contributed by atoms with Gasteiger partial charge >= 0.3 is 5.97 Å². The third-order valence-corrected chi connectivity index (χ3v) is 2.89. The summed E-state index contributed by atoms with van der Waals surface area (Å²) in [4.78, 5) is 37.0. The zero-order valence-electron chi connectivity index (χ0n) is 11.6. The predicted molar refractivity (Wildman–Crippen MR) is 74.2 cm³/mol. The van der Waals surface area contributed by atoms with E-state index in [1.54, 1.807) is 20.8 Å². The van der Waals surface area contributed by atoms with E-state index in [4.69, 9.17) is 16.7 Å². The molecule has 0 unspecified atom stereocenters. The van der Waals surface area contributed by atoms with Crippen molar-refractivity contribution in [2.24, 2.45) is 5.41 Å². The van der Waals surface area contributed by atoms with Crippen molar-refractivity contribution in [3.63, 3.8) is 0 Å². The Morgan fingerprint density at radius 1 is 1.48 bits per heavy atom. The van der Waals surface area contributed by atoms with Crippen molar-refractivity contribution in [1.29, 1.82) is 0 Å². The van der Waals surface area contributed by atoms with Gasteiger partial charge in [0.2, 0.25) is 0 Å². The van der Waals surface area contributed by atoms with Gasteiger partial charge in [0.25, 0.3) is 11.6 Å². The van der Waals surface area contributed by atoms with E-state index in [0.29, 0.717) is 0 Å². The summed E-state index contributed by atoms with van der Waals surface area (Å²) in [7, 11) is 0. The van der Waals surface area contributed by atoms with Crippen LogP contribution in [0.25, 0.3) is 0 Å². The number of nitrogens with one attached hydrogen (secondary N) is 1. The Labute approximate surface area is 125 Å². The molecule has 9 heteroatoms. The number of hydrogen-bond donors (Lipinski definition) is 2. The minimum Gasteiger partial charge on any atom is -0.480 e. The number of halogens is 1. The lowest BCUT2D eigenvalue weighted by molar-refractivity contribution is -0.385. The minimum atomic E-state index is -1.24. The van der Waals surface area contributed by atoms with Crippen LogP contribution in [0.3, 0.4) is 0 Å². The topological polar surface area (TPSA) is 122 Å². The molecule has 21 heavy (non-hydrogen) atoms. The van der Waals surface area contributed by atoms with Gasteiger partial charge in [-0.05, 0) is 11.5 Å². The lowest BCUT2D eigenvalue weighted by Crippen LogP contribution is -2.49. The van der Waals surface area contributed by atoms with Gasteiger partial charge in [-0.15, -0.1) is 0 Å². The Morgan fingerprint density at radius 3 is 2.48 bits per heavy atom. The maximum Gasteiger partial charge on any atom is 0.326 e. The standard InChI is InChI=1S/C12H14ClN3O5/c1-12(2,3)9(11(18)19)15-10(17)6-4-8(13)14-5-7(6)16(20)21/h4-5,9H,1-3H3,(H,15,17)(H,18,19)/t9-/m1/s1. The Morgan fingerprint density at radius 2 is 2.05 bits per heavy atom. The zero-order valence-corrected chi connectivity index (χ0v) is 12.3. The molecule has 0 aliphatic rings. The summed E-state index contributed by atoms with van der Waals surface area (Å²) in [6, 6.07) is -0.187. The molecule has 0 aromatic carbocycles. The molecule has 0 aliphatic heterocycles. The average molecular weight is 316 g/mol. The second kappa shape index (κ2) is 6.04. The molecule has 0 fully saturated rings. The van der Waals surface area contributed by atoms with Crippen LogP contribution in [0.5, 0.6) is 0 Å². The summed E-state index contributed by atoms with van der Waals surface area (Å²) in [6.07, 6.45) is 0.851. The predicted octanol–water partition coefficient (Wildman–Crippen LogP) is 1.87. The van der Waals surface area contributed by atoms with Crippen molar-refractivity contribution >= 4 is 29.2 Å². The van der Waals surface area contributed by atoms with Crippen molar-refractivity contribution in [3.8, 4) is 0 Å². The quantitative estimate of drug-likeness (QED) is 0.497. The number of nitrogens with zero attached hydrogens (tertiary/aromatic N) is 2. The van der Waals surface area contributed by atoms with Crippen LogP contribution in [-0.2, 0) is 4.79 Å². The van der Waals surface area contributed by atoms with Crippen LogP contribution in [-0.4, -0.2) is 32.9 Å². The molecule has 1 atom stereocenters. The Balaban J connectivity index is 3.17. The molecule has 1 aromatic rings. The summed E-state index contributed by atoms with van der Waals surface area (Å²) >= 11 is 5.62. The number of pyridine rings is 1. The summed E-state index contributed by atoms with van der Waals surface area (Å²) in [5, 5.41) is 22.2. The van der Waals surface area contributed by atoms with Crippen LogP contribution in [0, 0.1) is 15.5 Å². The summed E-state index contributed by atoms with van der Waals surface area (Å²) in [5.74, 6) is -2.13. The van der Waals surface area contributed by atoms with E-state index in [9.17, 15) is 19.7 Å². The van der Waals surface area contributed by atoms with E-state index >= 15 is 0 Å². The van der Waals surface area contributed by atoms with E-state index in [1.165, 1.54) is 0 Å². The molecule has 1 aromatic heterocycles. The van der Waals surface area contributed by atoms with E-state index in [2.05, 4.69) is 10.3 Å². The molecule has 1 amide bonds. The number of amides is 1. The number of carbonyl (C=O) groups excluding carboxylic acids is 1. The second-order valence-corrected chi connectivity index (χ2v) is 5.78. The molecule has 0 bridgehead atoms. The van der Waals surface area contributed by atoms with Crippen molar-refractivity contribution in [2.45, 2.75) is 26.8 Å². The van der Waals surface area contributed by atoms with Gasteiger partial charge in [-0.25, -0.2) is 9.78 Å². The van der Waals surface area contributed by atoms with Gasteiger partial charge in [0, 0.05) is 0 Å². The minimum absolute atomic E-state index is 0.103. The fourth-order valence-electron chi connectivity index (χ4n) is 1.61. The number of hydrogen-bond acceptors (Lipinski definition) is 5. The lowest BCUT2D eigenvalue weighted by Gasteiger charge is -2.27. The maximum absolute atomic E-state index is 12.1. The first kappa shape index (κ1) is 16.8. The van der Waals surface area contributed by atoms with Crippen LogP contribution >= 0.6 is 11.6 Å². The molecule has 114 valence electrons. The van der Waals surface area contributed by atoms with Crippen LogP contribution in [0.1, 0.15) is 31.1 Å². The Kier molecular flexibility index (Phi) is 4.84. The monoisotopic (exact) mass is 315 g/mol. The Bertz CT molecular complexity index is 597. The first-order valence-corrected chi connectivity index (χ1v) is 6.25. The fraction of sp³-hybridized carbons (Fsp3) is 0.417. The number of nitro groups is 1. The van der Waals surface area contributed by atoms with Gasteiger partial charge in [0.1, 0.15) is 23.0 Å². The number of carbonyl (C=O) groups is 2. The Hall–Kier alpha value is -2.22. The van der Waals surface area contributed by atoms with E-state index < -0.39 is 33.9 Å². The van der Waals surface area contributed by atoms with Gasteiger partial charge < -0.3 is 10.4 Å². The molecule has 0 aliphatic carbocycles. The fourth-order valence-corrected chi connectivity index (χ4v) is 1.77. The molecule has 1 rings (SSSR count). The number of aliphatic carboxylic acids is 1. The lowest BCUT2D eigenvalue weighted by atomic mass is 9.86. The normalized spacial score (nSPS) is 12.6. The highest BCUT2D eigenvalue weighted by Crippen LogP contribution is 2.23. The van der Waals surface area contributed by atoms with Crippen LogP contribution in [0.2, 0.25) is 5.15 Å². The summed E-state index contributed by atoms with van der Waals surface area (Å²) < 4.78 is 0. The average Bonchev–Trinajstić information content (AvgIpc) is 2.33. The third-order valence-electron chi connectivity index (χ3n) is 2.68. The molecular formula is C12H14ClN3O5. The SMILES string of the molecule is CC(C)(C)[C@H](NC(=O)c1cc(Cl)ncc1[N+](=O)[O-])C(=O)O. The largest absolute Gasteiger partial charge is 0.480 e. The number of rotatable bonds is 4. The molecule has 0 saturated heterocycles. The van der Waals surface area contributed by atoms with Gasteiger partial charge in [-0.2, -0.15) is 0 Å². The van der Waals surface area contributed by atoms with Crippen molar-refractivity contribution in [1.82, 2.24) is 10.3 Å². The maximum atomic E-state index is 12.1. The molecule has 8 nitrogen and oxygen atoms in total. The number of carboxylic acid groups (broad SMARTS) is 1. The molecule has 0 saturated carbocycles. The van der Waals surface area contributed by atoms with Crippen LogP contribution < -0.4 is 5.32 Å². The molecular weight excluding hydrogens is 302 g/mol. The molecule has 0 radical (unpaired) electrons. The molecule has 1 heterocycles. The van der Waals surface area contributed by atoms with E-state index in [-0.39, 0.29) is 10.7 Å². The summed E-state index contributed by atoms with van der Waals surface area (Å²) in [6.45, 7) is 4.88. The summed E-state index contributed by atoms with van der Waals surface area (Å²) in [5.41, 5.74) is -1.65. The van der Waals surface area contributed by atoms with Gasteiger partial charge in [-0.1, -0.05) is 32.4 Å². The van der Waals surface area contributed by atoms with Gasteiger partial charge in [-0.3, -0.25) is 14.9 Å². The number of aromatic nitrogens is 1. The highest BCUT2D eigenvalue weighted by atomic mass is 35.5. The van der Waals surface area contributed by atoms with Crippen molar-refractivity contribution in [3.05, 3.63) is 33.1 Å². The second-order valence-electron chi connectivity index (χ2n) is 5.39. The van der Waals surface area contributed by atoms with E-state index in [1.807, 2.05) is 0 Å². The highest BCUT2D eigenvalue weighted by Gasteiger charge is 2.34. The van der Waals surface area contributed by atoms with Gasteiger partial charge in [0.15, 0.2) is 0 Å². The zero-order chi connectivity index (χ0) is 16.4. The smallest absolute Gasteiger partial charge is 0.326 e. The van der Waals surface area contributed by atoms with Crippen LogP contribution in [0.15, 0.2) is 12.3 Å². The molecule has 2 N–H and O–H groups in total. The van der Waals surface area contributed by atoms with Crippen molar-refractivity contribution in [2.75, 3.05) is 0 Å². The van der Waals surface area contributed by atoms with Gasteiger partial charge in [0.05, 0.1) is 4.92 Å². The van der Waals surface area contributed by atoms with Crippen molar-refractivity contribution < 1.29 is 19.6 Å². The first-order valence-electron chi connectivity index (χ1n) is 5.87. The first-order chi connectivity index (χ1) is 9.54.